The van der Waals surface area contributed by atoms with Crippen LogP contribution in [0.2, 0.25) is 0 Å². The molecule has 0 radical (unpaired) electrons. The van der Waals surface area contributed by atoms with Crippen molar-refractivity contribution in [1.29, 1.82) is 0 Å². The van der Waals surface area contributed by atoms with E-state index in [0.29, 0.717) is 25.2 Å². The lowest BCUT2D eigenvalue weighted by Gasteiger charge is -2.11. The van der Waals surface area contributed by atoms with Crippen LogP contribution in [0.15, 0.2) is 53.7 Å². The normalized spacial score (nSPS) is 10.7. The summed E-state index contributed by atoms with van der Waals surface area (Å²) in [6, 6.07) is 13.4. The van der Waals surface area contributed by atoms with Gasteiger partial charge in [0.2, 0.25) is 0 Å². The first-order valence-electron chi connectivity index (χ1n) is 9.02. The van der Waals surface area contributed by atoms with Gasteiger partial charge in [-0.3, -0.25) is 9.78 Å². The molecular formula is C20H28IN5O. The second-order valence-corrected chi connectivity index (χ2v) is 5.83. The summed E-state index contributed by atoms with van der Waals surface area (Å²) in [6.45, 7) is 6.61. The van der Waals surface area contributed by atoms with Crippen LogP contribution in [0.1, 0.15) is 41.9 Å². The molecule has 1 aromatic heterocycles. The monoisotopic (exact) mass is 481 g/mol. The van der Waals surface area contributed by atoms with Crippen LogP contribution >= 0.6 is 24.0 Å². The molecule has 1 heterocycles. The fraction of sp³-hybridized carbons (Fsp3) is 0.350. The molecule has 1 amide bonds. The Hall–Kier alpha value is -2.16. The minimum absolute atomic E-state index is 0. The second kappa shape index (κ2) is 13.1. The van der Waals surface area contributed by atoms with Gasteiger partial charge in [0.25, 0.3) is 5.91 Å². The number of nitrogens with zero attached hydrogens (tertiary/aromatic N) is 2. The van der Waals surface area contributed by atoms with Crippen molar-refractivity contribution in [3.05, 3.63) is 65.5 Å². The summed E-state index contributed by atoms with van der Waals surface area (Å²) in [5.74, 6) is 0.678. The van der Waals surface area contributed by atoms with Crippen molar-refractivity contribution in [2.75, 3.05) is 13.1 Å². The third kappa shape index (κ3) is 8.38. The summed E-state index contributed by atoms with van der Waals surface area (Å²) in [5.41, 5.74) is 2.61. The Kier molecular flexibility index (Phi) is 11.1. The van der Waals surface area contributed by atoms with Crippen molar-refractivity contribution < 1.29 is 4.79 Å². The van der Waals surface area contributed by atoms with Crippen molar-refractivity contribution in [2.24, 2.45) is 4.99 Å². The van der Waals surface area contributed by atoms with Crippen molar-refractivity contribution >= 4 is 35.8 Å². The summed E-state index contributed by atoms with van der Waals surface area (Å²) in [4.78, 5) is 21.0. The predicted octanol–water partition coefficient (Wildman–Crippen LogP) is 3.09. The van der Waals surface area contributed by atoms with Crippen LogP contribution in [0.4, 0.5) is 0 Å². The van der Waals surface area contributed by atoms with Gasteiger partial charge in [-0.1, -0.05) is 25.1 Å². The Morgan fingerprint density at radius 1 is 1.07 bits per heavy atom. The van der Waals surface area contributed by atoms with Gasteiger partial charge in [0.05, 0.1) is 18.8 Å². The molecule has 7 heteroatoms. The van der Waals surface area contributed by atoms with Crippen molar-refractivity contribution in [3.8, 4) is 0 Å². The van der Waals surface area contributed by atoms with Gasteiger partial charge in [-0.15, -0.1) is 24.0 Å². The number of guanidine groups is 1. The number of aromatic nitrogens is 1. The van der Waals surface area contributed by atoms with Crippen LogP contribution in [-0.4, -0.2) is 29.9 Å². The fourth-order valence-corrected chi connectivity index (χ4v) is 2.34. The molecule has 0 fully saturated rings. The number of rotatable bonds is 8. The van der Waals surface area contributed by atoms with E-state index in [4.69, 9.17) is 0 Å². The zero-order chi connectivity index (χ0) is 18.6. The number of hydrogen-bond acceptors (Lipinski definition) is 3. The molecule has 1 aromatic carbocycles. The lowest BCUT2D eigenvalue weighted by molar-refractivity contribution is 0.0953. The van der Waals surface area contributed by atoms with Crippen LogP contribution in [-0.2, 0) is 13.1 Å². The zero-order valence-corrected chi connectivity index (χ0v) is 18.2. The molecule has 2 rings (SSSR count). The number of benzene rings is 1. The maximum Gasteiger partial charge on any atom is 0.251 e. The molecule has 6 nitrogen and oxygen atoms in total. The third-order valence-electron chi connectivity index (χ3n) is 3.65. The van der Waals surface area contributed by atoms with E-state index < -0.39 is 0 Å². The van der Waals surface area contributed by atoms with E-state index in [-0.39, 0.29) is 29.9 Å². The van der Waals surface area contributed by atoms with Crippen LogP contribution in [0.3, 0.4) is 0 Å². The van der Waals surface area contributed by atoms with E-state index in [2.05, 4.69) is 25.9 Å². The smallest absolute Gasteiger partial charge is 0.251 e. The van der Waals surface area contributed by atoms with E-state index in [1.807, 2.05) is 56.3 Å². The standard InChI is InChI=1S/C20H27N5O.HI/c1-3-11-23-19(26)17-9-7-8-16(13-17)14-24-20(21-4-2)25-15-18-10-5-6-12-22-18;/h5-10,12-13H,3-4,11,14-15H2,1-2H3,(H,23,26)(H2,21,24,25);1H. The van der Waals surface area contributed by atoms with Crippen molar-refractivity contribution in [3.63, 3.8) is 0 Å². The molecule has 0 atom stereocenters. The molecule has 27 heavy (non-hydrogen) atoms. The first-order valence-corrected chi connectivity index (χ1v) is 9.02. The van der Waals surface area contributed by atoms with Crippen LogP contribution in [0.25, 0.3) is 0 Å². The minimum atomic E-state index is -0.0436. The van der Waals surface area contributed by atoms with E-state index >= 15 is 0 Å². The number of carbonyl (C=O) groups excluding carboxylic acids is 1. The number of halogens is 1. The van der Waals surface area contributed by atoms with Gasteiger partial charge in [0.15, 0.2) is 5.96 Å². The zero-order valence-electron chi connectivity index (χ0n) is 15.9. The maximum atomic E-state index is 12.1. The number of carbonyl (C=O) groups is 1. The number of pyridine rings is 1. The van der Waals surface area contributed by atoms with Gasteiger partial charge in [0, 0.05) is 24.8 Å². The summed E-state index contributed by atoms with van der Waals surface area (Å²) in [5, 5.41) is 9.38. The number of aliphatic imine (C=N–C) groups is 1. The highest BCUT2D eigenvalue weighted by Crippen LogP contribution is 2.07. The largest absolute Gasteiger partial charge is 0.357 e. The Morgan fingerprint density at radius 2 is 1.93 bits per heavy atom. The first-order chi connectivity index (χ1) is 12.7. The number of amides is 1. The van der Waals surface area contributed by atoms with Gasteiger partial charge in [-0.25, -0.2) is 4.99 Å². The SMILES string of the molecule is CCCNC(=O)c1cccc(CN=C(NCC)NCc2ccccn2)c1.I. The van der Waals surface area contributed by atoms with Gasteiger partial charge in [-0.2, -0.15) is 0 Å². The Balaban J connectivity index is 0.00000364. The van der Waals surface area contributed by atoms with Crippen LogP contribution in [0, 0.1) is 0 Å². The van der Waals surface area contributed by atoms with E-state index in [9.17, 15) is 4.79 Å². The fourth-order valence-electron chi connectivity index (χ4n) is 2.34. The highest BCUT2D eigenvalue weighted by molar-refractivity contribution is 14.0. The lowest BCUT2D eigenvalue weighted by atomic mass is 10.1. The Bertz CT molecular complexity index is 721. The molecule has 0 unspecified atom stereocenters. The van der Waals surface area contributed by atoms with Crippen LogP contribution in [0.5, 0.6) is 0 Å². The highest BCUT2D eigenvalue weighted by atomic mass is 127. The van der Waals surface area contributed by atoms with Gasteiger partial charge in [-0.05, 0) is 43.2 Å². The molecule has 0 aliphatic heterocycles. The molecule has 0 aliphatic rings. The topological polar surface area (TPSA) is 78.4 Å². The molecule has 0 spiro atoms. The molecule has 0 aliphatic carbocycles. The lowest BCUT2D eigenvalue weighted by Crippen LogP contribution is -2.37. The summed E-state index contributed by atoms with van der Waals surface area (Å²) in [6.07, 6.45) is 2.69. The molecular weight excluding hydrogens is 453 g/mol. The molecule has 0 saturated heterocycles. The van der Waals surface area contributed by atoms with Crippen molar-refractivity contribution in [1.82, 2.24) is 20.9 Å². The molecule has 3 N–H and O–H groups in total. The first kappa shape index (κ1) is 22.9. The predicted molar refractivity (Wildman–Crippen MR) is 120 cm³/mol. The van der Waals surface area contributed by atoms with Crippen molar-refractivity contribution in [2.45, 2.75) is 33.4 Å². The molecule has 2 aromatic rings. The molecule has 146 valence electrons. The van der Waals surface area contributed by atoms with E-state index in [1.165, 1.54) is 0 Å². The number of nitrogens with one attached hydrogen (secondary N) is 3. The average molecular weight is 481 g/mol. The van der Waals surface area contributed by atoms with Gasteiger partial charge < -0.3 is 16.0 Å². The number of hydrogen-bond donors (Lipinski definition) is 3. The summed E-state index contributed by atoms with van der Waals surface area (Å²) in [7, 11) is 0. The molecule has 0 saturated carbocycles. The van der Waals surface area contributed by atoms with E-state index in [1.54, 1.807) is 6.20 Å². The van der Waals surface area contributed by atoms with Gasteiger partial charge in [0.1, 0.15) is 0 Å². The highest BCUT2D eigenvalue weighted by Gasteiger charge is 2.05. The second-order valence-electron chi connectivity index (χ2n) is 5.83. The average Bonchev–Trinajstić information content (AvgIpc) is 2.69. The van der Waals surface area contributed by atoms with Gasteiger partial charge >= 0.3 is 0 Å². The summed E-state index contributed by atoms with van der Waals surface area (Å²) >= 11 is 0. The summed E-state index contributed by atoms with van der Waals surface area (Å²) < 4.78 is 0. The Morgan fingerprint density at radius 3 is 2.63 bits per heavy atom. The third-order valence-corrected chi connectivity index (χ3v) is 3.65. The Labute approximate surface area is 178 Å². The maximum absolute atomic E-state index is 12.1. The minimum Gasteiger partial charge on any atom is -0.357 e. The quantitative estimate of drug-likeness (QED) is 0.308. The van der Waals surface area contributed by atoms with E-state index in [0.717, 1.165) is 30.2 Å². The van der Waals surface area contributed by atoms with Crippen LogP contribution < -0.4 is 16.0 Å². The molecule has 0 bridgehead atoms.